The van der Waals surface area contributed by atoms with Gasteiger partial charge in [0.15, 0.2) is 0 Å². The van der Waals surface area contributed by atoms with Gasteiger partial charge in [0.2, 0.25) is 0 Å². The van der Waals surface area contributed by atoms with E-state index >= 15 is 0 Å². The van der Waals surface area contributed by atoms with E-state index in [1.54, 1.807) is 0 Å². The topological polar surface area (TPSA) is 91.3 Å². The minimum absolute atomic E-state index is 0.323. The average Bonchev–Trinajstić information content (AvgIpc) is 2.31. The lowest BCUT2D eigenvalue weighted by molar-refractivity contribution is -0.432. The van der Waals surface area contributed by atoms with E-state index in [4.69, 9.17) is 12.2 Å². The van der Waals surface area contributed by atoms with Crippen molar-refractivity contribution in [2.45, 2.75) is 11.7 Å². The molecule has 9 heteroatoms. The van der Waals surface area contributed by atoms with Gasteiger partial charge in [-0.1, -0.05) is 5.04 Å². The number of carbonyl (C=O) groups excluding carboxylic acids is 2. The molecule has 0 fully saturated rings. The van der Waals surface area contributed by atoms with E-state index in [0.29, 0.717) is 12.0 Å². The molecule has 0 saturated heterocycles. The summed E-state index contributed by atoms with van der Waals surface area (Å²) in [5, 5.41) is 10.0. The summed E-state index contributed by atoms with van der Waals surface area (Å²) in [6, 6.07) is 0. The van der Waals surface area contributed by atoms with Crippen LogP contribution in [0.1, 0.15) is 6.42 Å². The number of hydrogen-bond donors (Lipinski definition) is 1. The van der Waals surface area contributed by atoms with Crippen molar-refractivity contribution < 1.29 is 38.1 Å². The van der Waals surface area contributed by atoms with Crippen LogP contribution in [0.2, 0.25) is 0 Å². The molecule has 98 valence electrons. The van der Waals surface area contributed by atoms with E-state index in [9.17, 15) is 14.0 Å². The molecule has 1 atom stereocenters. The molecule has 0 aliphatic carbocycles. The van der Waals surface area contributed by atoms with Gasteiger partial charge in [-0.2, -0.15) is 0 Å². The van der Waals surface area contributed by atoms with Crippen LogP contribution in [0.3, 0.4) is 0 Å². The second-order valence-corrected chi connectivity index (χ2v) is 3.37. The van der Waals surface area contributed by atoms with Gasteiger partial charge in [0, 0.05) is 6.92 Å². The normalized spacial score (nSPS) is 11.9. The predicted octanol–water partition coefficient (Wildman–Crippen LogP) is 0.581. The highest BCUT2D eigenvalue weighted by Gasteiger charge is 2.26. The molecule has 1 N–H and O–H groups in total. The van der Waals surface area contributed by atoms with Crippen molar-refractivity contribution in [2.24, 2.45) is 0 Å². The van der Waals surface area contributed by atoms with Gasteiger partial charge in [0.1, 0.15) is 18.5 Å². The SMILES string of the molecule is [CH]COC(=O)CC(SOOO)C(=O)OCCF. The van der Waals surface area contributed by atoms with Crippen LogP contribution >= 0.6 is 12.0 Å². The Morgan fingerprint density at radius 3 is 2.65 bits per heavy atom. The van der Waals surface area contributed by atoms with Gasteiger partial charge in [0.25, 0.3) is 0 Å². The molecule has 2 radical (unpaired) electrons. The Hall–Kier alpha value is -0.900. The van der Waals surface area contributed by atoms with Crippen molar-refractivity contribution in [3.63, 3.8) is 0 Å². The maximum absolute atomic E-state index is 11.8. The first-order chi connectivity index (χ1) is 8.15. The van der Waals surface area contributed by atoms with Crippen LogP contribution in [-0.2, 0) is 28.4 Å². The second kappa shape index (κ2) is 10.3. The highest BCUT2D eigenvalue weighted by atomic mass is 32.2. The van der Waals surface area contributed by atoms with Crippen LogP contribution in [0.25, 0.3) is 0 Å². The Morgan fingerprint density at radius 2 is 2.12 bits per heavy atom. The Morgan fingerprint density at radius 1 is 1.41 bits per heavy atom. The third kappa shape index (κ3) is 7.91. The van der Waals surface area contributed by atoms with Crippen LogP contribution < -0.4 is 0 Å². The maximum Gasteiger partial charge on any atom is 0.322 e. The van der Waals surface area contributed by atoms with Crippen molar-refractivity contribution in [1.82, 2.24) is 0 Å². The average molecular weight is 270 g/mol. The highest BCUT2D eigenvalue weighted by molar-refractivity contribution is 7.95. The standard InChI is InChI=1S/C8H11FO7S/c1-2-13-7(10)5-6(17-16-15-12)8(11)14-4-3-9/h1,6,12H,2-5H2. The fourth-order valence-electron chi connectivity index (χ4n) is 0.757. The van der Waals surface area contributed by atoms with Gasteiger partial charge in [0.05, 0.1) is 25.1 Å². The number of rotatable bonds is 9. The summed E-state index contributed by atoms with van der Waals surface area (Å²) in [6.07, 6.45) is -0.420. The zero-order valence-corrected chi connectivity index (χ0v) is 9.48. The van der Waals surface area contributed by atoms with Crippen molar-refractivity contribution in [3.8, 4) is 0 Å². The number of halogens is 1. The fraction of sp³-hybridized carbons (Fsp3) is 0.625. The number of hydrogen-bond acceptors (Lipinski definition) is 8. The molecule has 0 saturated carbocycles. The summed E-state index contributed by atoms with van der Waals surface area (Å²) in [5.41, 5.74) is 0. The van der Waals surface area contributed by atoms with Crippen LogP contribution in [0, 0.1) is 6.92 Å². The zero-order valence-electron chi connectivity index (χ0n) is 8.67. The van der Waals surface area contributed by atoms with E-state index in [2.05, 4.69) is 18.8 Å². The first kappa shape index (κ1) is 16.1. The van der Waals surface area contributed by atoms with Crippen molar-refractivity contribution >= 4 is 24.0 Å². The second-order valence-electron chi connectivity index (χ2n) is 2.47. The quantitative estimate of drug-likeness (QED) is 0.281. The van der Waals surface area contributed by atoms with Crippen LogP contribution in [0.15, 0.2) is 0 Å². The monoisotopic (exact) mass is 270 g/mol. The van der Waals surface area contributed by atoms with Crippen LogP contribution in [0.4, 0.5) is 4.39 Å². The van der Waals surface area contributed by atoms with E-state index in [-0.39, 0.29) is 6.61 Å². The molecule has 0 aliphatic heterocycles. The van der Waals surface area contributed by atoms with E-state index < -0.39 is 36.9 Å². The molecular weight excluding hydrogens is 259 g/mol. The summed E-state index contributed by atoms with van der Waals surface area (Å²) < 4.78 is 24.6. The molecule has 17 heavy (non-hydrogen) atoms. The minimum atomic E-state index is -1.16. The molecule has 0 spiro atoms. The first-order valence-corrected chi connectivity index (χ1v) is 5.18. The Labute approximate surface area is 101 Å². The molecule has 0 bridgehead atoms. The Bertz CT molecular complexity index is 238. The molecular formula is C8H11FO7S. The van der Waals surface area contributed by atoms with Gasteiger partial charge in [-0.25, -0.2) is 9.65 Å². The van der Waals surface area contributed by atoms with Crippen molar-refractivity contribution in [1.29, 1.82) is 0 Å². The predicted molar refractivity (Wildman–Crippen MR) is 53.0 cm³/mol. The summed E-state index contributed by atoms with van der Waals surface area (Å²) in [6.45, 7) is 3.31. The van der Waals surface area contributed by atoms with Gasteiger partial charge >= 0.3 is 11.9 Å². The van der Waals surface area contributed by atoms with Gasteiger partial charge in [-0.15, -0.1) is 4.33 Å². The lowest BCUT2D eigenvalue weighted by Crippen LogP contribution is -2.25. The Kier molecular flexibility index (Phi) is 9.72. The summed E-state index contributed by atoms with van der Waals surface area (Å²) in [5.74, 6) is -1.68. The lowest BCUT2D eigenvalue weighted by Gasteiger charge is -2.12. The van der Waals surface area contributed by atoms with Gasteiger partial charge in [-0.05, 0) is 0 Å². The summed E-state index contributed by atoms with van der Waals surface area (Å²) in [7, 11) is 0. The largest absolute Gasteiger partial charge is 0.465 e. The van der Waals surface area contributed by atoms with E-state index in [1.165, 1.54) is 0 Å². The molecule has 0 rings (SSSR count). The first-order valence-electron chi connectivity index (χ1n) is 4.37. The number of alkyl halides is 1. The van der Waals surface area contributed by atoms with Crippen molar-refractivity contribution in [2.75, 3.05) is 19.9 Å². The molecule has 1 unspecified atom stereocenters. The highest BCUT2D eigenvalue weighted by Crippen LogP contribution is 2.18. The van der Waals surface area contributed by atoms with Crippen LogP contribution in [0.5, 0.6) is 0 Å². The Balaban J connectivity index is 4.20. The summed E-state index contributed by atoms with van der Waals surface area (Å²) in [4.78, 5) is 22.3. The van der Waals surface area contributed by atoms with E-state index in [0.717, 1.165) is 0 Å². The third-order valence-corrected chi connectivity index (χ3v) is 2.10. The van der Waals surface area contributed by atoms with Crippen molar-refractivity contribution in [3.05, 3.63) is 6.92 Å². The lowest BCUT2D eigenvalue weighted by atomic mass is 10.3. The molecule has 0 aliphatic rings. The molecule has 0 amide bonds. The number of carbonyl (C=O) groups is 2. The number of esters is 2. The smallest absolute Gasteiger partial charge is 0.322 e. The van der Waals surface area contributed by atoms with Crippen LogP contribution in [-0.4, -0.2) is 42.3 Å². The molecule has 0 aromatic heterocycles. The fourth-order valence-corrected chi connectivity index (χ4v) is 1.24. The number of ether oxygens (including phenoxy) is 2. The minimum Gasteiger partial charge on any atom is -0.465 e. The van der Waals surface area contributed by atoms with E-state index in [1.807, 2.05) is 0 Å². The maximum atomic E-state index is 11.8. The third-order valence-electron chi connectivity index (χ3n) is 1.37. The zero-order chi connectivity index (χ0) is 13.1. The molecule has 0 heterocycles. The van der Waals surface area contributed by atoms with Gasteiger partial charge < -0.3 is 9.47 Å². The molecule has 0 aromatic rings. The van der Waals surface area contributed by atoms with Gasteiger partial charge in [-0.3, -0.25) is 9.59 Å². The molecule has 7 nitrogen and oxygen atoms in total. The molecule has 0 aromatic carbocycles. The summed E-state index contributed by atoms with van der Waals surface area (Å²) >= 11 is 0.323.